The zero-order valence-electron chi connectivity index (χ0n) is 22.3. The Kier molecular flexibility index (Phi) is 12.3. The molecule has 3 rings (SSSR count). The molecule has 0 spiro atoms. The third kappa shape index (κ3) is 10.8. The summed E-state index contributed by atoms with van der Waals surface area (Å²) < 4.78 is 29.9. The van der Waals surface area contributed by atoms with Crippen LogP contribution in [0.4, 0.5) is 9.18 Å². The van der Waals surface area contributed by atoms with Crippen molar-refractivity contribution in [2.45, 2.75) is 38.7 Å². The van der Waals surface area contributed by atoms with Gasteiger partial charge in [0, 0.05) is 26.0 Å². The van der Waals surface area contributed by atoms with Crippen molar-refractivity contribution in [2.75, 3.05) is 32.9 Å². The van der Waals surface area contributed by atoms with Gasteiger partial charge in [-0.1, -0.05) is 54.6 Å². The van der Waals surface area contributed by atoms with Crippen LogP contribution in [0, 0.1) is 5.82 Å². The van der Waals surface area contributed by atoms with E-state index in [9.17, 15) is 19.1 Å². The SMILES string of the molecule is CCOC(Cc1ccc(OCCN(CCCc2ccc(F)cc2)C(=O)OCCc2ccccc2)cc1)C(=O)O. The molecule has 1 N–H and O–H groups in total. The van der Waals surface area contributed by atoms with Crippen LogP contribution in [0.1, 0.15) is 30.0 Å². The number of rotatable bonds is 16. The number of carbonyl (C=O) groups is 2. The lowest BCUT2D eigenvalue weighted by Gasteiger charge is -2.22. The number of benzene rings is 3. The number of halogens is 1. The highest BCUT2D eigenvalue weighted by atomic mass is 19.1. The van der Waals surface area contributed by atoms with Gasteiger partial charge in [0.05, 0.1) is 13.2 Å². The molecule has 0 radical (unpaired) electrons. The Hall–Kier alpha value is -3.91. The molecule has 1 amide bonds. The smallest absolute Gasteiger partial charge is 0.409 e. The first kappa shape index (κ1) is 29.6. The zero-order chi connectivity index (χ0) is 27.9. The number of ether oxygens (including phenoxy) is 3. The average molecular weight is 538 g/mol. The van der Waals surface area contributed by atoms with Crippen LogP contribution >= 0.6 is 0 Å². The van der Waals surface area contributed by atoms with Crippen LogP contribution < -0.4 is 4.74 Å². The van der Waals surface area contributed by atoms with E-state index in [1.54, 1.807) is 36.1 Å². The fraction of sp³-hybridized carbons (Fsp3) is 0.355. The molecule has 8 heteroatoms. The maximum atomic E-state index is 13.2. The summed E-state index contributed by atoms with van der Waals surface area (Å²) in [5, 5.41) is 9.28. The molecular formula is C31H36FNO6. The van der Waals surface area contributed by atoms with Crippen LogP contribution in [0.3, 0.4) is 0 Å². The Bertz CT molecular complexity index is 1140. The van der Waals surface area contributed by atoms with Gasteiger partial charge in [-0.15, -0.1) is 0 Å². The Balaban J connectivity index is 1.51. The summed E-state index contributed by atoms with van der Waals surface area (Å²) in [6.45, 7) is 3.43. The number of carbonyl (C=O) groups excluding carboxylic acids is 1. The number of nitrogens with zero attached hydrogens (tertiary/aromatic N) is 1. The summed E-state index contributed by atoms with van der Waals surface area (Å²) in [4.78, 5) is 25.8. The first-order valence-corrected chi connectivity index (χ1v) is 13.2. The molecule has 3 aromatic carbocycles. The van der Waals surface area contributed by atoms with Gasteiger partial charge in [0.2, 0.25) is 0 Å². The molecule has 0 saturated carbocycles. The Morgan fingerprint density at radius 2 is 1.51 bits per heavy atom. The van der Waals surface area contributed by atoms with E-state index in [0.29, 0.717) is 44.7 Å². The molecule has 0 aromatic heterocycles. The van der Waals surface area contributed by atoms with Gasteiger partial charge >= 0.3 is 12.1 Å². The van der Waals surface area contributed by atoms with Crippen LogP contribution in [0.2, 0.25) is 0 Å². The third-order valence-electron chi connectivity index (χ3n) is 6.14. The van der Waals surface area contributed by atoms with Crippen molar-refractivity contribution in [3.8, 4) is 5.75 Å². The molecule has 1 atom stereocenters. The second-order valence-electron chi connectivity index (χ2n) is 9.05. The fourth-order valence-electron chi connectivity index (χ4n) is 4.04. The minimum absolute atomic E-state index is 0.264. The van der Waals surface area contributed by atoms with Gasteiger partial charge in [0.25, 0.3) is 0 Å². The molecule has 39 heavy (non-hydrogen) atoms. The molecule has 0 saturated heterocycles. The fourth-order valence-corrected chi connectivity index (χ4v) is 4.04. The minimum atomic E-state index is -0.993. The lowest BCUT2D eigenvalue weighted by atomic mass is 10.1. The molecule has 0 aliphatic rings. The molecule has 0 fully saturated rings. The standard InChI is InChI=1S/C31H36FNO6/c1-2-37-29(30(34)35)23-26-12-16-28(17-13-26)38-22-20-33(19-6-9-25-10-14-27(32)15-11-25)31(36)39-21-18-24-7-4-3-5-8-24/h3-5,7-8,10-17,29H,2,6,9,18-23H2,1H3,(H,34,35). The number of carboxylic acids is 1. The van der Waals surface area contributed by atoms with E-state index in [-0.39, 0.29) is 25.5 Å². The Morgan fingerprint density at radius 3 is 2.18 bits per heavy atom. The molecule has 0 aliphatic carbocycles. The Labute approximate surface area is 229 Å². The first-order valence-electron chi connectivity index (χ1n) is 13.2. The molecule has 0 aliphatic heterocycles. The van der Waals surface area contributed by atoms with Gasteiger partial charge in [0.1, 0.15) is 18.2 Å². The van der Waals surface area contributed by atoms with Crippen molar-refractivity contribution in [2.24, 2.45) is 0 Å². The van der Waals surface area contributed by atoms with Crippen molar-refractivity contribution in [3.05, 3.63) is 101 Å². The van der Waals surface area contributed by atoms with Crippen LogP contribution in [0.15, 0.2) is 78.9 Å². The van der Waals surface area contributed by atoms with E-state index in [1.165, 1.54) is 12.1 Å². The lowest BCUT2D eigenvalue weighted by molar-refractivity contribution is -0.149. The number of carboxylic acid groups (broad SMARTS) is 1. The molecular weight excluding hydrogens is 501 g/mol. The molecule has 0 heterocycles. The van der Waals surface area contributed by atoms with Gasteiger partial charge in [-0.2, -0.15) is 0 Å². The summed E-state index contributed by atoms with van der Waals surface area (Å²) in [6.07, 6.45) is 0.997. The number of hydrogen-bond acceptors (Lipinski definition) is 5. The summed E-state index contributed by atoms with van der Waals surface area (Å²) in [7, 11) is 0. The highest BCUT2D eigenvalue weighted by Gasteiger charge is 2.18. The number of aryl methyl sites for hydroxylation is 1. The van der Waals surface area contributed by atoms with Crippen molar-refractivity contribution < 1.29 is 33.3 Å². The molecule has 3 aromatic rings. The largest absolute Gasteiger partial charge is 0.492 e. The van der Waals surface area contributed by atoms with Gasteiger partial charge in [0.15, 0.2) is 6.10 Å². The van der Waals surface area contributed by atoms with E-state index in [1.807, 2.05) is 42.5 Å². The molecule has 208 valence electrons. The summed E-state index contributed by atoms with van der Waals surface area (Å²) in [5.41, 5.74) is 2.92. The summed E-state index contributed by atoms with van der Waals surface area (Å²) >= 11 is 0. The quantitative estimate of drug-likeness (QED) is 0.258. The lowest BCUT2D eigenvalue weighted by Crippen LogP contribution is -2.36. The van der Waals surface area contributed by atoms with Crippen LogP contribution in [-0.2, 0) is 33.5 Å². The molecule has 1 unspecified atom stereocenters. The van der Waals surface area contributed by atoms with Gasteiger partial charge in [-0.3, -0.25) is 0 Å². The van der Waals surface area contributed by atoms with E-state index >= 15 is 0 Å². The first-order chi connectivity index (χ1) is 18.9. The summed E-state index contributed by atoms with van der Waals surface area (Å²) in [5.74, 6) is -0.651. The zero-order valence-corrected chi connectivity index (χ0v) is 22.3. The third-order valence-corrected chi connectivity index (χ3v) is 6.14. The van der Waals surface area contributed by atoms with Crippen molar-refractivity contribution in [1.82, 2.24) is 4.90 Å². The minimum Gasteiger partial charge on any atom is -0.492 e. The monoisotopic (exact) mass is 537 g/mol. The maximum absolute atomic E-state index is 13.2. The normalized spacial score (nSPS) is 11.5. The molecule has 7 nitrogen and oxygen atoms in total. The average Bonchev–Trinajstić information content (AvgIpc) is 2.94. The van der Waals surface area contributed by atoms with E-state index in [0.717, 1.165) is 16.7 Å². The summed E-state index contributed by atoms with van der Waals surface area (Å²) in [6, 6.07) is 23.4. The second kappa shape index (κ2) is 16.1. The van der Waals surface area contributed by atoms with Crippen molar-refractivity contribution >= 4 is 12.1 Å². The highest BCUT2D eigenvalue weighted by Crippen LogP contribution is 2.15. The number of hydrogen-bond donors (Lipinski definition) is 1. The number of aliphatic carboxylic acids is 1. The van der Waals surface area contributed by atoms with Crippen molar-refractivity contribution in [3.63, 3.8) is 0 Å². The Morgan fingerprint density at radius 1 is 0.846 bits per heavy atom. The maximum Gasteiger partial charge on any atom is 0.409 e. The predicted octanol–water partition coefficient (Wildman–Crippen LogP) is 5.55. The van der Waals surface area contributed by atoms with Crippen LogP contribution in [0.5, 0.6) is 5.75 Å². The topological polar surface area (TPSA) is 85.3 Å². The van der Waals surface area contributed by atoms with Gasteiger partial charge in [-0.05, 0) is 60.7 Å². The van der Waals surface area contributed by atoms with Gasteiger partial charge < -0.3 is 24.2 Å². The second-order valence-corrected chi connectivity index (χ2v) is 9.05. The van der Waals surface area contributed by atoms with E-state index < -0.39 is 18.2 Å². The van der Waals surface area contributed by atoms with E-state index in [2.05, 4.69) is 0 Å². The van der Waals surface area contributed by atoms with Crippen LogP contribution in [0.25, 0.3) is 0 Å². The highest BCUT2D eigenvalue weighted by molar-refractivity contribution is 5.72. The van der Waals surface area contributed by atoms with Crippen LogP contribution in [-0.4, -0.2) is 61.1 Å². The predicted molar refractivity (Wildman–Crippen MR) is 146 cm³/mol. The van der Waals surface area contributed by atoms with Crippen molar-refractivity contribution in [1.29, 1.82) is 0 Å². The van der Waals surface area contributed by atoms with Gasteiger partial charge in [-0.25, -0.2) is 14.0 Å². The molecule has 0 bridgehead atoms. The number of amides is 1. The van der Waals surface area contributed by atoms with E-state index in [4.69, 9.17) is 14.2 Å².